The minimum atomic E-state index is -3.78. The van der Waals surface area contributed by atoms with Crippen molar-refractivity contribution in [2.75, 3.05) is 26.2 Å². The van der Waals surface area contributed by atoms with E-state index < -0.39 is 14.9 Å². The van der Waals surface area contributed by atoms with E-state index in [1.54, 1.807) is 6.92 Å². The summed E-state index contributed by atoms with van der Waals surface area (Å²) in [5, 5.41) is 14.7. The number of sulfonamides is 1. The van der Waals surface area contributed by atoms with E-state index in [-0.39, 0.29) is 29.7 Å². The predicted octanol–water partition coefficient (Wildman–Crippen LogP) is 1.49. The molecule has 0 aromatic heterocycles. The van der Waals surface area contributed by atoms with E-state index in [2.05, 4.69) is 5.32 Å². The Balaban J connectivity index is 2.16. The van der Waals surface area contributed by atoms with Gasteiger partial charge in [-0.15, -0.1) is 0 Å². The second-order valence-corrected chi connectivity index (χ2v) is 8.50. The second-order valence-electron chi connectivity index (χ2n) is 6.20. The van der Waals surface area contributed by atoms with Gasteiger partial charge in [-0.05, 0) is 38.6 Å². The fourth-order valence-corrected chi connectivity index (χ4v) is 4.67. The summed E-state index contributed by atoms with van der Waals surface area (Å²) in [6.45, 7) is 7.12. The molecular weight excluding hydrogens is 364 g/mol. The molecule has 0 atom stereocenters. The molecule has 0 saturated carbocycles. The first-order valence-corrected chi connectivity index (χ1v) is 9.78. The largest absolute Gasteiger partial charge is 0.360 e. The van der Waals surface area contributed by atoms with Crippen molar-refractivity contribution in [1.82, 2.24) is 14.5 Å². The third kappa shape index (κ3) is 4.44. The summed E-state index contributed by atoms with van der Waals surface area (Å²) in [5.41, 5.74) is 0.259. The van der Waals surface area contributed by atoms with Gasteiger partial charge in [0.15, 0.2) is 5.11 Å². The van der Waals surface area contributed by atoms with Crippen LogP contribution in [0.3, 0.4) is 0 Å². The third-order valence-electron chi connectivity index (χ3n) is 3.94. The third-order valence-corrected chi connectivity index (χ3v) is 6.36. The highest BCUT2D eigenvalue weighted by Crippen LogP contribution is 2.25. The van der Waals surface area contributed by atoms with Gasteiger partial charge in [0.1, 0.15) is 0 Å². The van der Waals surface area contributed by atoms with Gasteiger partial charge in [0.2, 0.25) is 10.0 Å². The number of hydrogen-bond acceptors (Lipinski definition) is 5. The number of aryl methyl sites for hydroxylation is 1. The Morgan fingerprint density at radius 3 is 2.40 bits per heavy atom. The van der Waals surface area contributed by atoms with Crippen LogP contribution in [0.2, 0.25) is 0 Å². The Morgan fingerprint density at radius 2 is 1.88 bits per heavy atom. The first-order valence-electron chi connectivity index (χ1n) is 7.93. The first kappa shape index (κ1) is 19.5. The van der Waals surface area contributed by atoms with Crippen molar-refractivity contribution in [3.8, 4) is 0 Å². The van der Waals surface area contributed by atoms with Crippen molar-refractivity contribution >= 4 is 33.0 Å². The molecule has 0 bridgehead atoms. The summed E-state index contributed by atoms with van der Waals surface area (Å²) in [7, 11) is -3.78. The lowest BCUT2D eigenvalue weighted by Crippen LogP contribution is -2.53. The number of non-ortho nitro benzene ring substituents is 1. The van der Waals surface area contributed by atoms with Gasteiger partial charge >= 0.3 is 0 Å². The predicted molar refractivity (Wildman–Crippen MR) is 99.0 cm³/mol. The van der Waals surface area contributed by atoms with Gasteiger partial charge in [0.25, 0.3) is 5.69 Å². The Morgan fingerprint density at radius 1 is 1.28 bits per heavy atom. The lowest BCUT2D eigenvalue weighted by molar-refractivity contribution is -0.385. The number of benzene rings is 1. The number of nitro benzene ring substituents is 1. The lowest BCUT2D eigenvalue weighted by atomic mass is 10.2. The number of nitro groups is 1. The van der Waals surface area contributed by atoms with Gasteiger partial charge < -0.3 is 10.2 Å². The first-order chi connectivity index (χ1) is 11.6. The number of rotatable bonds is 4. The molecule has 138 valence electrons. The Kier molecular flexibility index (Phi) is 5.96. The van der Waals surface area contributed by atoms with Crippen LogP contribution in [0.5, 0.6) is 0 Å². The molecule has 10 heteroatoms. The van der Waals surface area contributed by atoms with Gasteiger partial charge in [0.05, 0.1) is 9.82 Å². The smallest absolute Gasteiger partial charge is 0.270 e. The van der Waals surface area contributed by atoms with Crippen LogP contribution in [0.1, 0.15) is 19.4 Å². The van der Waals surface area contributed by atoms with Crippen LogP contribution in [-0.2, 0) is 10.0 Å². The van der Waals surface area contributed by atoms with E-state index in [4.69, 9.17) is 12.2 Å². The standard InChI is InChI=1S/C15H22N4O4S2/c1-11(2)16-15(24)17-6-8-18(9-7-17)25(22,23)14-10-13(19(20)21)5-4-12(14)3/h4-5,10-11H,6-9H2,1-3H3,(H,16,24). The molecule has 0 unspecified atom stereocenters. The molecule has 0 amide bonds. The molecule has 0 aliphatic carbocycles. The highest BCUT2D eigenvalue weighted by Gasteiger charge is 2.31. The Hall–Kier alpha value is -1.78. The minimum absolute atomic E-state index is 0.0157. The monoisotopic (exact) mass is 386 g/mol. The maximum atomic E-state index is 12.9. The fraction of sp³-hybridized carbons (Fsp3) is 0.533. The molecule has 8 nitrogen and oxygen atoms in total. The molecule has 25 heavy (non-hydrogen) atoms. The van der Waals surface area contributed by atoms with Crippen LogP contribution in [0.15, 0.2) is 23.1 Å². The van der Waals surface area contributed by atoms with Crippen molar-refractivity contribution < 1.29 is 13.3 Å². The van der Waals surface area contributed by atoms with Gasteiger partial charge in [-0.1, -0.05) is 6.07 Å². The number of piperazine rings is 1. The molecule has 1 N–H and O–H groups in total. The van der Waals surface area contributed by atoms with Crippen LogP contribution in [0, 0.1) is 17.0 Å². The summed E-state index contributed by atoms with van der Waals surface area (Å²) in [6, 6.07) is 4.11. The molecule has 1 saturated heterocycles. The van der Waals surface area contributed by atoms with Crippen molar-refractivity contribution in [1.29, 1.82) is 0 Å². The summed E-state index contributed by atoms with van der Waals surface area (Å²) >= 11 is 5.31. The van der Waals surface area contributed by atoms with Crippen LogP contribution in [0.4, 0.5) is 5.69 Å². The molecule has 1 heterocycles. The number of nitrogens with zero attached hydrogens (tertiary/aromatic N) is 3. The Labute approximate surface area is 153 Å². The molecule has 2 rings (SSSR count). The zero-order chi connectivity index (χ0) is 18.8. The highest BCUT2D eigenvalue weighted by atomic mass is 32.2. The van der Waals surface area contributed by atoms with Gasteiger partial charge in [0, 0.05) is 44.4 Å². The quantitative estimate of drug-likeness (QED) is 0.476. The van der Waals surface area contributed by atoms with Crippen molar-refractivity contribution in [3.63, 3.8) is 0 Å². The zero-order valence-electron chi connectivity index (χ0n) is 14.4. The summed E-state index contributed by atoms with van der Waals surface area (Å²) in [4.78, 5) is 12.3. The highest BCUT2D eigenvalue weighted by molar-refractivity contribution is 7.89. The summed E-state index contributed by atoms with van der Waals surface area (Å²) < 4.78 is 27.1. The minimum Gasteiger partial charge on any atom is -0.360 e. The molecule has 1 fully saturated rings. The maximum Gasteiger partial charge on any atom is 0.270 e. The topological polar surface area (TPSA) is 95.8 Å². The van der Waals surface area contributed by atoms with Gasteiger partial charge in [-0.25, -0.2) is 8.42 Å². The number of thiocarbonyl (C=S) groups is 1. The van der Waals surface area contributed by atoms with Crippen LogP contribution >= 0.6 is 12.2 Å². The van der Waals surface area contributed by atoms with Crippen LogP contribution in [-0.4, -0.2) is 59.9 Å². The molecule has 0 spiro atoms. The molecule has 1 aliphatic heterocycles. The molecule has 0 radical (unpaired) electrons. The second kappa shape index (κ2) is 7.63. The molecule has 1 aromatic carbocycles. The average molecular weight is 386 g/mol. The van der Waals surface area contributed by atoms with E-state index in [1.165, 1.54) is 16.4 Å². The molecule has 1 aliphatic rings. The number of nitrogens with one attached hydrogen (secondary N) is 1. The summed E-state index contributed by atoms with van der Waals surface area (Å²) in [6.07, 6.45) is 0. The zero-order valence-corrected chi connectivity index (χ0v) is 16.1. The molecule has 1 aromatic rings. The van der Waals surface area contributed by atoms with Crippen LogP contribution < -0.4 is 5.32 Å². The van der Waals surface area contributed by atoms with E-state index in [0.29, 0.717) is 23.8 Å². The van der Waals surface area contributed by atoms with Gasteiger partial charge in [-0.2, -0.15) is 4.31 Å². The van der Waals surface area contributed by atoms with Crippen molar-refractivity contribution in [2.45, 2.75) is 31.7 Å². The number of hydrogen-bond donors (Lipinski definition) is 1. The normalized spacial score (nSPS) is 16.1. The van der Waals surface area contributed by atoms with Crippen LogP contribution in [0.25, 0.3) is 0 Å². The maximum absolute atomic E-state index is 12.9. The van der Waals surface area contributed by atoms with Crippen molar-refractivity contribution in [3.05, 3.63) is 33.9 Å². The van der Waals surface area contributed by atoms with E-state index in [9.17, 15) is 18.5 Å². The van der Waals surface area contributed by atoms with Crippen molar-refractivity contribution in [2.24, 2.45) is 0 Å². The van der Waals surface area contributed by atoms with E-state index in [0.717, 1.165) is 6.07 Å². The molecular formula is C15H22N4O4S2. The summed E-state index contributed by atoms with van der Waals surface area (Å²) in [5.74, 6) is 0. The lowest BCUT2D eigenvalue weighted by Gasteiger charge is -2.36. The van der Waals surface area contributed by atoms with Gasteiger partial charge in [-0.3, -0.25) is 10.1 Å². The SMILES string of the molecule is Cc1ccc([N+](=O)[O-])cc1S(=O)(=O)N1CCN(C(=S)NC(C)C)CC1. The fourth-order valence-electron chi connectivity index (χ4n) is 2.59. The van der Waals surface area contributed by atoms with E-state index in [1.807, 2.05) is 18.7 Å². The van der Waals surface area contributed by atoms with E-state index >= 15 is 0 Å². The average Bonchev–Trinajstić information content (AvgIpc) is 2.54. The Bertz CT molecular complexity index is 772.